The van der Waals surface area contributed by atoms with Crippen molar-refractivity contribution in [2.75, 3.05) is 13.7 Å². The number of methoxy groups -OCH3 is 1. The first-order valence-electron chi connectivity index (χ1n) is 6.08. The standard InChI is InChI=1S/C13H13N3O5/c1-3-21-13(19)11-10(14-16-15-11)7-4-5-8(12(17)18)9(6-7)20-2/h4-6H,3H2,1-2H3,(H,17,18)(H,14,15,16). The molecule has 2 aromatic rings. The third-order valence-electron chi connectivity index (χ3n) is 2.72. The lowest BCUT2D eigenvalue weighted by atomic mass is 10.1. The molecule has 21 heavy (non-hydrogen) atoms. The molecule has 8 heteroatoms. The predicted octanol–water partition coefficient (Wildman–Crippen LogP) is 1.36. The molecular weight excluding hydrogens is 278 g/mol. The Bertz CT molecular complexity index is 680. The van der Waals surface area contributed by atoms with Gasteiger partial charge in [-0.1, -0.05) is 6.07 Å². The van der Waals surface area contributed by atoms with Crippen molar-refractivity contribution in [3.8, 4) is 17.0 Å². The molecule has 0 fully saturated rings. The van der Waals surface area contributed by atoms with Crippen LogP contribution >= 0.6 is 0 Å². The van der Waals surface area contributed by atoms with Crippen LogP contribution in [-0.2, 0) is 4.74 Å². The van der Waals surface area contributed by atoms with Gasteiger partial charge in [-0.15, -0.1) is 5.10 Å². The summed E-state index contributed by atoms with van der Waals surface area (Å²) in [6.45, 7) is 1.90. The topological polar surface area (TPSA) is 114 Å². The van der Waals surface area contributed by atoms with Crippen LogP contribution in [0.1, 0.15) is 27.8 Å². The van der Waals surface area contributed by atoms with Crippen LogP contribution < -0.4 is 4.74 Å². The number of nitrogens with zero attached hydrogens (tertiary/aromatic N) is 2. The maximum absolute atomic E-state index is 11.8. The van der Waals surface area contributed by atoms with Crippen LogP contribution in [-0.4, -0.2) is 46.2 Å². The van der Waals surface area contributed by atoms with Gasteiger partial charge in [0, 0.05) is 5.56 Å². The fourth-order valence-corrected chi connectivity index (χ4v) is 1.79. The molecule has 0 amide bonds. The first kappa shape index (κ1) is 14.5. The lowest BCUT2D eigenvalue weighted by molar-refractivity contribution is 0.0519. The van der Waals surface area contributed by atoms with Gasteiger partial charge in [0.25, 0.3) is 0 Å². The van der Waals surface area contributed by atoms with E-state index in [4.69, 9.17) is 14.6 Å². The molecule has 0 aliphatic heterocycles. The second-order valence-corrected chi connectivity index (χ2v) is 3.96. The number of carbonyl (C=O) groups is 2. The lowest BCUT2D eigenvalue weighted by Gasteiger charge is -2.07. The lowest BCUT2D eigenvalue weighted by Crippen LogP contribution is -2.07. The minimum atomic E-state index is -1.11. The fourth-order valence-electron chi connectivity index (χ4n) is 1.79. The van der Waals surface area contributed by atoms with E-state index >= 15 is 0 Å². The first-order chi connectivity index (χ1) is 10.1. The van der Waals surface area contributed by atoms with E-state index in [0.717, 1.165) is 0 Å². The number of H-pyrrole nitrogens is 1. The van der Waals surface area contributed by atoms with Crippen molar-refractivity contribution in [2.45, 2.75) is 6.92 Å². The molecule has 0 unspecified atom stereocenters. The zero-order valence-corrected chi connectivity index (χ0v) is 11.4. The molecule has 0 radical (unpaired) electrons. The number of ether oxygens (including phenoxy) is 2. The zero-order chi connectivity index (χ0) is 15.4. The highest BCUT2D eigenvalue weighted by molar-refractivity contribution is 5.95. The van der Waals surface area contributed by atoms with Gasteiger partial charge >= 0.3 is 11.9 Å². The molecule has 1 aromatic heterocycles. The summed E-state index contributed by atoms with van der Waals surface area (Å²) in [4.78, 5) is 22.8. The maximum Gasteiger partial charge on any atom is 0.361 e. The van der Waals surface area contributed by atoms with Crippen LogP contribution in [0.25, 0.3) is 11.3 Å². The van der Waals surface area contributed by atoms with Gasteiger partial charge in [0.1, 0.15) is 17.0 Å². The molecule has 1 heterocycles. The molecule has 2 rings (SSSR count). The van der Waals surface area contributed by atoms with Gasteiger partial charge in [-0.2, -0.15) is 10.3 Å². The Kier molecular flexibility index (Phi) is 4.17. The molecule has 0 bridgehead atoms. The van der Waals surface area contributed by atoms with Crippen LogP contribution in [0.5, 0.6) is 5.75 Å². The summed E-state index contributed by atoms with van der Waals surface area (Å²) < 4.78 is 9.92. The Balaban J connectivity index is 2.46. The monoisotopic (exact) mass is 291 g/mol. The van der Waals surface area contributed by atoms with Crippen molar-refractivity contribution in [3.05, 3.63) is 29.5 Å². The van der Waals surface area contributed by atoms with E-state index < -0.39 is 11.9 Å². The maximum atomic E-state index is 11.8. The molecule has 0 saturated heterocycles. The molecule has 0 saturated carbocycles. The summed E-state index contributed by atoms with van der Waals surface area (Å²) in [7, 11) is 1.36. The van der Waals surface area contributed by atoms with Gasteiger partial charge < -0.3 is 14.6 Å². The molecule has 0 spiro atoms. The number of carbonyl (C=O) groups excluding carboxylic acids is 1. The van der Waals surface area contributed by atoms with E-state index in [0.29, 0.717) is 5.56 Å². The van der Waals surface area contributed by atoms with Crippen LogP contribution in [0, 0.1) is 0 Å². The molecule has 0 atom stereocenters. The number of rotatable bonds is 5. The van der Waals surface area contributed by atoms with E-state index in [1.807, 2.05) is 0 Å². The minimum absolute atomic E-state index is 0.0161. The molecule has 8 nitrogen and oxygen atoms in total. The number of benzene rings is 1. The van der Waals surface area contributed by atoms with Crippen molar-refractivity contribution < 1.29 is 24.2 Å². The Hall–Kier alpha value is -2.90. The number of hydrogen-bond donors (Lipinski definition) is 2. The number of aromatic amines is 1. The first-order valence-corrected chi connectivity index (χ1v) is 6.08. The normalized spacial score (nSPS) is 10.2. The molecule has 110 valence electrons. The molecule has 0 aliphatic carbocycles. The minimum Gasteiger partial charge on any atom is -0.496 e. The summed E-state index contributed by atoms with van der Waals surface area (Å²) >= 11 is 0. The van der Waals surface area contributed by atoms with Crippen molar-refractivity contribution >= 4 is 11.9 Å². The van der Waals surface area contributed by atoms with Gasteiger partial charge in [0.2, 0.25) is 0 Å². The highest BCUT2D eigenvalue weighted by Crippen LogP contribution is 2.27. The number of nitrogens with one attached hydrogen (secondary N) is 1. The summed E-state index contributed by atoms with van der Waals surface area (Å²) in [6.07, 6.45) is 0. The van der Waals surface area contributed by atoms with Gasteiger partial charge in [-0.25, -0.2) is 9.59 Å². The third-order valence-corrected chi connectivity index (χ3v) is 2.72. The quantitative estimate of drug-likeness (QED) is 0.799. The van der Waals surface area contributed by atoms with Crippen molar-refractivity contribution in [1.29, 1.82) is 0 Å². The van der Waals surface area contributed by atoms with Gasteiger partial charge in [0.05, 0.1) is 13.7 Å². The second kappa shape index (κ2) is 6.04. The highest BCUT2D eigenvalue weighted by Gasteiger charge is 2.21. The molecular formula is C13H13N3O5. The fraction of sp³-hybridized carbons (Fsp3) is 0.231. The van der Waals surface area contributed by atoms with Crippen molar-refractivity contribution in [1.82, 2.24) is 15.4 Å². The van der Waals surface area contributed by atoms with Crippen LogP contribution in [0.3, 0.4) is 0 Å². The Morgan fingerprint density at radius 1 is 1.33 bits per heavy atom. The van der Waals surface area contributed by atoms with E-state index in [9.17, 15) is 9.59 Å². The average molecular weight is 291 g/mol. The summed E-state index contributed by atoms with van der Waals surface area (Å²) in [6, 6.07) is 4.37. The molecule has 1 aromatic carbocycles. The molecule has 0 aliphatic rings. The zero-order valence-electron chi connectivity index (χ0n) is 11.4. The summed E-state index contributed by atoms with van der Waals surface area (Å²) in [5.41, 5.74) is 0.807. The van der Waals surface area contributed by atoms with Crippen molar-refractivity contribution in [3.63, 3.8) is 0 Å². The largest absolute Gasteiger partial charge is 0.496 e. The van der Waals surface area contributed by atoms with E-state index in [1.165, 1.54) is 25.3 Å². The summed E-state index contributed by atoms with van der Waals surface area (Å²) in [5, 5.41) is 19.1. The Morgan fingerprint density at radius 2 is 2.10 bits per heavy atom. The number of aromatic carboxylic acids is 1. The third kappa shape index (κ3) is 2.83. The number of hydrogen-bond acceptors (Lipinski definition) is 6. The summed E-state index contributed by atoms with van der Waals surface area (Å²) in [5.74, 6) is -1.55. The average Bonchev–Trinajstić information content (AvgIpc) is 2.96. The van der Waals surface area contributed by atoms with E-state index in [1.54, 1.807) is 6.92 Å². The van der Waals surface area contributed by atoms with Crippen LogP contribution in [0.2, 0.25) is 0 Å². The van der Waals surface area contributed by atoms with Crippen molar-refractivity contribution in [2.24, 2.45) is 0 Å². The number of carboxylic acid groups (broad SMARTS) is 1. The second-order valence-electron chi connectivity index (χ2n) is 3.96. The van der Waals surface area contributed by atoms with Crippen LogP contribution in [0.4, 0.5) is 0 Å². The molecule has 2 N–H and O–H groups in total. The number of esters is 1. The van der Waals surface area contributed by atoms with E-state index in [2.05, 4.69) is 15.4 Å². The smallest absolute Gasteiger partial charge is 0.361 e. The Labute approximate surface area is 119 Å². The SMILES string of the molecule is CCOC(=O)c1n[nH]nc1-c1ccc(C(=O)O)c(OC)c1. The number of carboxylic acids is 1. The predicted molar refractivity (Wildman–Crippen MR) is 71.3 cm³/mol. The van der Waals surface area contributed by atoms with Gasteiger partial charge in [0.15, 0.2) is 5.69 Å². The van der Waals surface area contributed by atoms with E-state index in [-0.39, 0.29) is 29.3 Å². The van der Waals surface area contributed by atoms with Gasteiger partial charge in [-0.05, 0) is 19.1 Å². The Morgan fingerprint density at radius 3 is 2.71 bits per heavy atom. The van der Waals surface area contributed by atoms with Crippen LogP contribution in [0.15, 0.2) is 18.2 Å². The van der Waals surface area contributed by atoms with Gasteiger partial charge in [-0.3, -0.25) is 0 Å². The highest BCUT2D eigenvalue weighted by atomic mass is 16.5. The number of aromatic nitrogens is 3.